The maximum atomic E-state index is 13.1. The van der Waals surface area contributed by atoms with Crippen LogP contribution in [0.4, 0.5) is 0 Å². The highest BCUT2D eigenvalue weighted by Gasteiger charge is 2.30. The molecule has 0 aromatic heterocycles. The van der Waals surface area contributed by atoms with E-state index < -0.39 is 97.5 Å². The molecule has 0 aromatic carbocycles. The molecule has 0 aromatic rings. The summed E-state index contributed by atoms with van der Waals surface area (Å²) in [5.41, 5.74) is 0. The Morgan fingerprint density at radius 2 is 0.465 bits per heavy atom. The van der Waals surface area contributed by atoms with E-state index in [1.165, 1.54) is 225 Å². The highest BCUT2D eigenvalue weighted by atomic mass is 31.2. The lowest BCUT2D eigenvalue weighted by atomic mass is 10.0. The lowest BCUT2D eigenvalue weighted by molar-refractivity contribution is -0.161. The number of aliphatic hydroxyl groups excluding tert-OH is 1. The molecule has 5 atom stereocenters. The summed E-state index contributed by atoms with van der Waals surface area (Å²) in [5.74, 6) is 0.249. The lowest BCUT2D eigenvalue weighted by Gasteiger charge is -2.21. The van der Waals surface area contributed by atoms with Gasteiger partial charge in [-0.1, -0.05) is 363 Å². The van der Waals surface area contributed by atoms with E-state index in [0.717, 1.165) is 108 Å². The maximum Gasteiger partial charge on any atom is 0.472 e. The van der Waals surface area contributed by atoms with Crippen molar-refractivity contribution in [2.24, 2.45) is 17.8 Å². The van der Waals surface area contributed by atoms with Crippen LogP contribution in [0.15, 0.2) is 0 Å². The largest absolute Gasteiger partial charge is 0.472 e. The van der Waals surface area contributed by atoms with Gasteiger partial charge in [0, 0.05) is 25.7 Å². The van der Waals surface area contributed by atoms with Crippen LogP contribution >= 0.6 is 15.6 Å². The van der Waals surface area contributed by atoms with Crippen molar-refractivity contribution in [3.8, 4) is 0 Å². The average Bonchev–Trinajstić information content (AvgIpc) is 1.03. The second-order valence-corrected chi connectivity index (χ2v) is 33.1. The molecule has 0 heterocycles. The van der Waals surface area contributed by atoms with Crippen molar-refractivity contribution in [1.29, 1.82) is 0 Å². The molecule has 0 amide bonds. The van der Waals surface area contributed by atoms with Gasteiger partial charge >= 0.3 is 39.5 Å². The third-order valence-electron chi connectivity index (χ3n) is 18.6. The van der Waals surface area contributed by atoms with Crippen LogP contribution in [-0.4, -0.2) is 96.7 Å². The Bertz CT molecular complexity index is 1920. The minimum Gasteiger partial charge on any atom is -0.462 e. The minimum atomic E-state index is -4.96. The molecule has 0 rings (SSSR count). The maximum absolute atomic E-state index is 13.1. The predicted octanol–water partition coefficient (Wildman–Crippen LogP) is 23.7. The van der Waals surface area contributed by atoms with E-state index in [0.29, 0.717) is 25.7 Å². The van der Waals surface area contributed by atoms with Gasteiger partial charge < -0.3 is 33.8 Å². The monoisotopic (exact) mass is 1450 g/mol. The van der Waals surface area contributed by atoms with Gasteiger partial charge in [-0.3, -0.25) is 37.3 Å². The number of phosphoric acid groups is 2. The summed E-state index contributed by atoms with van der Waals surface area (Å²) in [4.78, 5) is 73.0. The molecule has 0 aliphatic carbocycles. The van der Waals surface area contributed by atoms with Crippen LogP contribution in [0.25, 0.3) is 0 Å². The van der Waals surface area contributed by atoms with Gasteiger partial charge in [0.1, 0.15) is 19.3 Å². The summed E-state index contributed by atoms with van der Waals surface area (Å²) < 4.78 is 68.7. The fourth-order valence-corrected chi connectivity index (χ4v) is 13.9. The molecule has 2 unspecified atom stereocenters. The first-order chi connectivity index (χ1) is 47.7. The first kappa shape index (κ1) is 97.1. The first-order valence-corrected chi connectivity index (χ1v) is 44.3. The number of hydrogen-bond donors (Lipinski definition) is 3. The Morgan fingerprint density at radius 1 is 0.273 bits per heavy atom. The highest BCUT2D eigenvalue weighted by Crippen LogP contribution is 2.45. The third-order valence-corrected chi connectivity index (χ3v) is 20.5. The van der Waals surface area contributed by atoms with Crippen LogP contribution < -0.4 is 0 Å². The number of hydrogen-bond acceptors (Lipinski definition) is 15. The number of phosphoric ester groups is 2. The average molecular weight is 1450 g/mol. The van der Waals surface area contributed by atoms with Crippen LogP contribution in [0, 0.1) is 17.8 Å². The number of ether oxygens (including phenoxy) is 4. The van der Waals surface area contributed by atoms with Gasteiger partial charge in [0.25, 0.3) is 0 Å². The molecule has 0 saturated heterocycles. The normalized spacial score (nSPS) is 14.0. The molecule has 0 spiro atoms. The SMILES string of the molecule is CCCCCCCCCCCCC(=O)OC[C@H](COP(=O)(O)OC[C@H](O)COP(=O)(O)OC[C@@H](COC(=O)CCCCCCCCCCCCCCCCCC(C)C)OC(=O)CCCCCCCCCCCCCCCCCC(C)C)OC(=O)CCCCCCCCCCCCC(C)C. The van der Waals surface area contributed by atoms with E-state index in [-0.39, 0.29) is 25.7 Å². The van der Waals surface area contributed by atoms with Crippen molar-refractivity contribution in [2.75, 3.05) is 39.6 Å². The Labute approximate surface area is 607 Å². The smallest absolute Gasteiger partial charge is 0.462 e. The standard InChI is InChI=1S/C80H156O17P2/c1-8-9-10-11-12-13-33-40-47-54-61-77(82)90-67-75(97-80(85)64-57-50-43-36-29-28-32-39-46-53-60-73(6)7)69-94-98(86,87)92-65-74(81)66-93-99(88,89)95-70-76(96-79(84)63-56-49-42-35-27-23-19-15-17-21-25-31-38-45-52-59-72(4)5)68-91-78(83)62-55-48-41-34-26-22-18-14-16-20-24-30-37-44-51-58-71(2)3/h71-76,81H,8-70H2,1-7H3,(H,86,87)(H,88,89)/t74-,75+,76+/m0/s1. The van der Waals surface area contributed by atoms with Gasteiger partial charge in [0.05, 0.1) is 26.4 Å². The van der Waals surface area contributed by atoms with Gasteiger partial charge in [-0.15, -0.1) is 0 Å². The Balaban J connectivity index is 5.24. The van der Waals surface area contributed by atoms with Gasteiger partial charge in [0.2, 0.25) is 0 Å². The molecule has 588 valence electrons. The Hall–Kier alpha value is -1.94. The number of unbranched alkanes of at least 4 members (excludes halogenated alkanes) is 46. The first-order valence-electron chi connectivity index (χ1n) is 41.3. The molecular weight excluding hydrogens is 1290 g/mol. The number of rotatable bonds is 78. The zero-order valence-corrected chi connectivity index (χ0v) is 66.8. The van der Waals surface area contributed by atoms with E-state index in [9.17, 15) is 43.2 Å². The van der Waals surface area contributed by atoms with Crippen molar-refractivity contribution >= 4 is 39.5 Å². The summed E-state index contributed by atoms with van der Waals surface area (Å²) >= 11 is 0. The number of carbonyl (C=O) groups excluding carboxylic acids is 4. The molecule has 0 bridgehead atoms. The van der Waals surface area contributed by atoms with Crippen LogP contribution in [0.1, 0.15) is 414 Å². The van der Waals surface area contributed by atoms with Crippen molar-refractivity contribution < 1.29 is 80.2 Å². The predicted molar refractivity (Wildman–Crippen MR) is 405 cm³/mol. The zero-order chi connectivity index (χ0) is 73.0. The zero-order valence-electron chi connectivity index (χ0n) is 65.0. The highest BCUT2D eigenvalue weighted by molar-refractivity contribution is 7.47. The molecule has 3 N–H and O–H groups in total. The molecular formula is C80H156O17P2. The summed E-state index contributed by atoms with van der Waals surface area (Å²) in [6, 6.07) is 0. The molecule has 19 heteroatoms. The van der Waals surface area contributed by atoms with Crippen molar-refractivity contribution in [3.05, 3.63) is 0 Å². The fourth-order valence-electron chi connectivity index (χ4n) is 12.3. The van der Waals surface area contributed by atoms with E-state index in [1.807, 2.05) is 0 Å². The summed E-state index contributed by atoms with van der Waals surface area (Å²) in [6.07, 6.45) is 58.2. The number of carbonyl (C=O) groups is 4. The second kappa shape index (κ2) is 70.4. The minimum absolute atomic E-state index is 0.106. The molecule has 0 saturated carbocycles. The van der Waals surface area contributed by atoms with Crippen molar-refractivity contribution in [2.45, 2.75) is 433 Å². The van der Waals surface area contributed by atoms with Crippen molar-refractivity contribution in [3.63, 3.8) is 0 Å². The van der Waals surface area contributed by atoms with Gasteiger partial charge in [0.15, 0.2) is 12.2 Å². The fraction of sp³-hybridized carbons (Fsp3) is 0.950. The number of aliphatic hydroxyl groups is 1. The van der Waals surface area contributed by atoms with E-state index >= 15 is 0 Å². The Morgan fingerprint density at radius 3 is 0.687 bits per heavy atom. The van der Waals surface area contributed by atoms with Crippen molar-refractivity contribution in [1.82, 2.24) is 0 Å². The third kappa shape index (κ3) is 74.1. The van der Waals surface area contributed by atoms with Crippen LogP contribution in [-0.2, 0) is 65.4 Å². The molecule has 99 heavy (non-hydrogen) atoms. The summed E-state index contributed by atoms with van der Waals surface area (Å²) in [5, 5.41) is 10.6. The second-order valence-electron chi connectivity index (χ2n) is 30.2. The summed E-state index contributed by atoms with van der Waals surface area (Å²) in [6.45, 7) is 12.0. The quantitative estimate of drug-likeness (QED) is 0.0222. The number of esters is 4. The van der Waals surface area contributed by atoms with Gasteiger partial charge in [-0.25, -0.2) is 9.13 Å². The lowest BCUT2D eigenvalue weighted by Crippen LogP contribution is -2.30. The van der Waals surface area contributed by atoms with Crippen LogP contribution in [0.5, 0.6) is 0 Å². The topological polar surface area (TPSA) is 237 Å². The summed E-state index contributed by atoms with van der Waals surface area (Å²) in [7, 11) is -9.92. The van der Waals surface area contributed by atoms with E-state index in [4.69, 9.17) is 37.0 Å². The molecule has 0 aliphatic rings. The van der Waals surface area contributed by atoms with Gasteiger partial charge in [-0.2, -0.15) is 0 Å². The molecule has 0 aliphatic heterocycles. The van der Waals surface area contributed by atoms with E-state index in [2.05, 4.69) is 48.5 Å². The van der Waals surface area contributed by atoms with E-state index in [1.54, 1.807) is 0 Å². The molecule has 17 nitrogen and oxygen atoms in total. The molecule has 0 fully saturated rings. The van der Waals surface area contributed by atoms with Crippen LogP contribution in [0.3, 0.4) is 0 Å². The van der Waals surface area contributed by atoms with Crippen LogP contribution in [0.2, 0.25) is 0 Å². The molecule has 0 radical (unpaired) electrons. The van der Waals surface area contributed by atoms with Gasteiger partial charge in [-0.05, 0) is 43.4 Å². The Kier molecular flexibility index (Phi) is 69.0.